The summed E-state index contributed by atoms with van der Waals surface area (Å²) in [5.41, 5.74) is 3.69. The van der Waals surface area contributed by atoms with Gasteiger partial charge in [-0.1, -0.05) is 6.07 Å². The average molecular weight is 386 g/mol. The van der Waals surface area contributed by atoms with Crippen LogP contribution in [0.25, 0.3) is 11.3 Å². The Bertz CT molecular complexity index is 1070. The molecule has 1 saturated heterocycles. The number of hydrogen-bond acceptors (Lipinski definition) is 4. The van der Waals surface area contributed by atoms with E-state index in [0.29, 0.717) is 0 Å². The van der Waals surface area contributed by atoms with E-state index < -0.39 is 0 Å². The number of fused-ring (bicyclic) bond motifs is 1. The van der Waals surface area contributed by atoms with Gasteiger partial charge in [-0.25, -0.2) is 9.67 Å². The summed E-state index contributed by atoms with van der Waals surface area (Å²) in [5.74, 6) is 0.0874. The van der Waals surface area contributed by atoms with Gasteiger partial charge in [-0.05, 0) is 42.5 Å². The van der Waals surface area contributed by atoms with Crippen LogP contribution in [-0.2, 0) is 6.54 Å². The van der Waals surface area contributed by atoms with Crippen LogP contribution in [0.4, 0.5) is 0 Å². The molecule has 1 fully saturated rings. The third-order valence-corrected chi connectivity index (χ3v) is 5.34. The molecule has 7 nitrogen and oxygen atoms in total. The summed E-state index contributed by atoms with van der Waals surface area (Å²) in [6, 6.07) is 15.5. The molecule has 146 valence electrons. The highest BCUT2D eigenvalue weighted by Gasteiger charge is 2.22. The number of benzene rings is 1. The van der Waals surface area contributed by atoms with E-state index in [2.05, 4.69) is 21.2 Å². The predicted octanol–water partition coefficient (Wildman–Crippen LogP) is 2.48. The lowest BCUT2D eigenvalue weighted by molar-refractivity contribution is 0.0627. The van der Waals surface area contributed by atoms with E-state index in [0.717, 1.165) is 55.3 Å². The van der Waals surface area contributed by atoms with Crippen LogP contribution in [0.1, 0.15) is 16.1 Å². The number of pyridine rings is 1. The molecule has 1 aromatic carbocycles. The summed E-state index contributed by atoms with van der Waals surface area (Å²) < 4.78 is 3.83. The molecule has 1 aliphatic heterocycles. The minimum Gasteiger partial charge on any atom is -0.336 e. The lowest BCUT2D eigenvalue weighted by Gasteiger charge is -2.34. The Kier molecular flexibility index (Phi) is 4.57. The van der Waals surface area contributed by atoms with Gasteiger partial charge in [0.05, 0.1) is 11.4 Å². The molecule has 0 bridgehead atoms. The molecular weight excluding hydrogens is 364 g/mol. The van der Waals surface area contributed by atoms with Crippen LogP contribution in [0.2, 0.25) is 0 Å². The fourth-order valence-corrected chi connectivity index (χ4v) is 3.76. The predicted molar refractivity (Wildman–Crippen MR) is 110 cm³/mol. The molecule has 3 aromatic heterocycles. The quantitative estimate of drug-likeness (QED) is 0.541. The van der Waals surface area contributed by atoms with Gasteiger partial charge in [0.25, 0.3) is 5.91 Å². The summed E-state index contributed by atoms with van der Waals surface area (Å²) in [7, 11) is 0. The molecule has 0 aliphatic carbocycles. The van der Waals surface area contributed by atoms with E-state index in [1.165, 1.54) is 0 Å². The van der Waals surface area contributed by atoms with Crippen molar-refractivity contribution in [2.24, 2.45) is 0 Å². The van der Waals surface area contributed by atoms with Crippen molar-refractivity contribution in [3.63, 3.8) is 0 Å². The standard InChI is InChI=1S/C22H22N6O/c29-22(18-5-7-20(8-6-18)28-11-3-9-23-28)26-14-12-25(13-15-26)16-19-17-27-10-2-1-4-21(27)24-19/h1-11,17H,12-16H2. The highest BCUT2D eigenvalue weighted by molar-refractivity contribution is 5.94. The molecule has 0 radical (unpaired) electrons. The average Bonchev–Trinajstić information content (AvgIpc) is 3.43. The lowest BCUT2D eigenvalue weighted by atomic mass is 10.1. The zero-order valence-electron chi connectivity index (χ0n) is 16.1. The molecule has 0 saturated carbocycles. The van der Waals surface area contributed by atoms with Crippen molar-refractivity contribution in [3.05, 3.63) is 84.6 Å². The van der Waals surface area contributed by atoms with E-state index in [4.69, 9.17) is 0 Å². The molecule has 1 aliphatic rings. The molecule has 7 heteroatoms. The second kappa shape index (κ2) is 7.52. The van der Waals surface area contributed by atoms with Crippen LogP contribution >= 0.6 is 0 Å². The van der Waals surface area contributed by atoms with Gasteiger partial charge in [0, 0.05) is 63.1 Å². The molecular formula is C22H22N6O. The summed E-state index contributed by atoms with van der Waals surface area (Å²) in [6.07, 6.45) is 7.72. The fourth-order valence-electron chi connectivity index (χ4n) is 3.76. The molecule has 0 spiro atoms. The molecule has 4 heterocycles. The number of imidazole rings is 1. The Hall–Kier alpha value is -3.45. The molecule has 0 N–H and O–H groups in total. The highest BCUT2D eigenvalue weighted by Crippen LogP contribution is 2.14. The first-order valence-electron chi connectivity index (χ1n) is 9.81. The van der Waals surface area contributed by atoms with Crippen molar-refractivity contribution in [1.29, 1.82) is 0 Å². The van der Waals surface area contributed by atoms with E-state index in [9.17, 15) is 4.79 Å². The number of amides is 1. The Morgan fingerprint density at radius 2 is 1.76 bits per heavy atom. The number of nitrogens with zero attached hydrogens (tertiary/aromatic N) is 6. The smallest absolute Gasteiger partial charge is 0.253 e. The van der Waals surface area contributed by atoms with Crippen LogP contribution in [0, 0.1) is 0 Å². The van der Waals surface area contributed by atoms with Gasteiger partial charge in [-0.15, -0.1) is 0 Å². The first-order chi connectivity index (χ1) is 14.3. The van der Waals surface area contributed by atoms with Gasteiger partial charge in [0.2, 0.25) is 0 Å². The molecule has 0 unspecified atom stereocenters. The SMILES string of the molecule is O=C(c1ccc(-n2cccn2)cc1)N1CCN(Cc2cn3ccccc3n2)CC1. The third kappa shape index (κ3) is 3.64. The first kappa shape index (κ1) is 17.6. The van der Waals surface area contributed by atoms with Crippen molar-refractivity contribution >= 4 is 11.6 Å². The topological polar surface area (TPSA) is 58.7 Å². The monoisotopic (exact) mass is 386 g/mol. The van der Waals surface area contributed by atoms with Crippen LogP contribution in [-0.4, -0.2) is 61.1 Å². The molecule has 1 amide bonds. The van der Waals surface area contributed by atoms with Gasteiger partial charge in [-0.2, -0.15) is 5.10 Å². The van der Waals surface area contributed by atoms with Gasteiger partial charge in [0.15, 0.2) is 0 Å². The number of hydrogen-bond donors (Lipinski definition) is 0. The maximum Gasteiger partial charge on any atom is 0.253 e. The zero-order chi connectivity index (χ0) is 19.6. The van der Waals surface area contributed by atoms with Crippen LogP contribution in [0.5, 0.6) is 0 Å². The Morgan fingerprint density at radius 3 is 2.48 bits per heavy atom. The van der Waals surface area contributed by atoms with Gasteiger partial charge < -0.3 is 9.30 Å². The number of piperazine rings is 1. The van der Waals surface area contributed by atoms with Crippen LogP contribution in [0.3, 0.4) is 0 Å². The second-order valence-corrected chi connectivity index (χ2v) is 7.26. The van der Waals surface area contributed by atoms with E-state index >= 15 is 0 Å². The highest BCUT2D eigenvalue weighted by atomic mass is 16.2. The summed E-state index contributed by atoms with van der Waals surface area (Å²) >= 11 is 0. The Morgan fingerprint density at radius 1 is 0.931 bits per heavy atom. The second-order valence-electron chi connectivity index (χ2n) is 7.26. The number of rotatable bonds is 4. The molecule has 29 heavy (non-hydrogen) atoms. The van der Waals surface area contributed by atoms with Crippen LogP contribution in [0.15, 0.2) is 73.3 Å². The Balaban J connectivity index is 1.19. The summed E-state index contributed by atoms with van der Waals surface area (Å²) in [4.78, 5) is 21.8. The minimum absolute atomic E-state index is 0.0874. The van der Waals surface area contributed by atoms with Crippen molar-refractivity contribution in [3.8, 4) is 5.69 Å². The van der Waals surface area contributed by atoms with Gasteiger partial charge in [0.1, 0.15) is 5.65 Å². The van der Waals surface area contributed by atoms with Crippen molar-refractivity contribution in [1.82, 2.24) is 29.0 Å². The summed E-state index contributed by atoms with van der Waals surface area (Å²) in [5, 5.41) is 4.22. The van der Waals surface area contributed by atoms with Crippen molar-refractivity contribution in [2.45, 2.75) is 6.54 Å². The minimum atomic E-state index is 0.0874. The van der Waals surface area contributed by atoms with Gasteiger partial charge in [-0.3, -0.25) is 9.69 Å². The lowest BCUT2D eigenvalue weighted by Crippen LogP contribution is -2.48. The van der Waals surface area contributed by atoms with E-state index in [-0.39, 0.29) is 5.91 Å². The number of carbonyl (C=O) groups excluding carboxylic acids is 1. The maximum atomic E-state index is 12.8. The van der Waals surface area contributed by atoms with E-state index in [1.54, 1.807) is 10.9 Å². The molecule has 4 aromatic rings. The number of aromatic nitrogens is 4. The largest absolute Gasteiger partial charge is 0.336 e. The number of carbonyl (C=O) groups is 1. The molecule has 0 atom stereocenters. The van der Waals surface area contributed by atoms with Crippen LogP contribution < -0.4 is 0 Å². The van der Waals surface area contributed by atoms with Gasteiger partial charge >= 0.3 is 0 Å². The van der Waals surface area contributed by atoms with Crippen molar-refractivity contribution < 1.29 is 4.79 Å². The normalized spacial score (nSPS) is 15.1. The van der Waals surface area contributed by atoms with Crippen molar-refractivity contribution in [2.75, 3.05) is 26.2 Å². The molecule has 5 rings (SSSR count). The summed E-state index contributed by atoms with van der Waals surface area (Å²) in [6.45, 7) is 3.97. The van der Waals surface area contributed by atoms with E-state index in [1.807, 2.05) is 70.2 Å². The third-order valence-electron chi connectivity index (χ3n) is 5.34. The maximum absolute atomic E-state index is 12.8. The fraction of sp³-hybridized carbons (Fsp3) is 0.227. The zero-order valence-corrected chi connectivity index (χ0v) is 16.1. The first-order valence-corrected chi connectivity index (χ1v) is 9.81. The Labute approximate surface area is 168 Å².